The lowest BCUT2D eigenvalue weighted by Gasteiger charge is -2.10. The van der Waals surface area contributed by atoms with E-state index in [0.717, 1.165) is 34.6 Å². The molecule has 0 aliphatic rings. The van der Waals surface area contributed by atoms with Gasteiger partial charge in [-0.15, -0.1) is 11.3 Å². The van der Waals surface area contributed by atoms with E-state index in [1.54, 1.807) is 20.0 Å². The Morgan fingerprint density at radius 1 is 0.975 bits per heavy atom. The minimum Gasteiger partial charge on any atom is -0.343 e. The largest absolute Gasteiger partial charge is 0.343 e. The number of amides is 2. The highest BCUT2D eigenvalue weighted by Gasteiger charge is 2.20. The minimum absolute atomic E-state index is 0.0666. The normalized spacial score (nSPS) is 11.6. The quantitative estimate of drug-likeness (QED) is 0.285. The summed E-state index contributed by atoms with van der Waals surface area (Å²) >= 11 is 1.28. The van der Waals surface area contributed by atoms with Crippen LogP contribution in [-0.4, -0.2) is 61.0 Å². The zero-order chi connectivity index (χ0) is 28.9. The van der Waals surface area contributed by atoms with Crippen molar-refractivity contribution >= 4 is 38.1 Å². The number of rotatable bonds is 10. The van der Waals surface area contributed by atoms with E-state index in [4.69, 9.17) is 0 Å². The van der Waals surface area contributed by atoms with Crippen molar-refractivity contribution < 1.29 is 18.0 Å². The summed E-state index contributed by atoms with van der Waals surface area (Å²) < 4.78 is 24.8. The lowest BCUT2D eigenvalue weighted by atomic mass is 10.0. The summed E-state index contributed by atoms with van der Waals surface area (Å²) in [5, 5.41) is 6.89. The van der Waals surface area contributed by atoms with E-state index < -0.39 is 26.9 Å². The molecule has 2 aromatic heterocycles. The fraction of sp³-hybridized carbons (Fsp3) is 0.241. The Morgan fingerprint density at radius 2 is 1.70 bits per heavy atom. The van der Waals surface area contributed by atoms with E-state index >= 15 is 0 Å². The number of hydrogen-bond acceptors (Lipinski definition) is 8. The summed E-state index contributed by atoms with van der Waals surface area (Å²) in [6.07, 6.45) is 1.81. The minimum atomic E-state index is -3.52. The maximum absolute atomic E-state index is 12.6. The van der Waals surface area contributed by atoms with E-state index in [-0.39, 0.29) is 17.0 Å². The monoisotopic (exact) mass is 577 g/mol. The number of carbonyl (C=O) groups is 2. The van der Waals surface area contributed by atoms with Gasteiger partial charge in [0.25, 0.3) is 5.91 Å². The van der Waals surface area contributed by atoms with Crippen molar-refractivity contribution in [2.75, 3.05) is 26.0 Å². The number of aromatic nitrogens is 2. The van der Waals surface area contributed by atoms with Crippen LogP contribution in [0.1, 0.15) is 29.9 Å². The molecule has 0 radical (unpaired) electrons. The average molecular weight is 578 g/mol. The first kappa shape index (κ1) is 29.1. The highest BCUT2D eigenvalue weighted by Crippen LogP contribution is 2.29. The molecule has 0 unspecified atom stereocenters. The Hall–Kier alpha value is -3.93. The Balaban J connectivity index is 1.38. The number of sulfone groups is 1. The summed E-state index contributed by atoms with van der Waals surface area (Å²) in [7, 11) is 0.484. The highest BCUT2D eigenvalue weighted by atomic mass is 32.2. The molecule has 0 saturated carbocycles. The molecule has 0 atom stereocenters. The van der Waals surface area contributed by atoms with E-state index in [1.165, 1.54) is 35.6 Å². The fourth-order valence-corrected chi connectivity index (χ4v) is 5.74. The van der Waals surface area contributed by atoms with Gasteiger partial charge in [0.1, 0.15) is 0 Å². The van der Waals surface area contributed by atoms with Gasteiger partial charge in [-0.05, 0) is 75.5 Å². The molecule has 0 spiro atoms. The zero-order valence-corrected chi connectivity index (χ0v) is 24.3. The van der Waals surface area contributed by atoms with Crippen LogP contribution in [0.5, 0.6) is 0 Å². The number of pyridine rings is 1. The molecule has 0 aliphatic carbocycles. The van der Waals surface area contributed by atoms with Crippen LogP contribution in [0.15, 0.2) is 77.1 Å². The number of hydrogen-bond donors (Lipinski definition) is 2. The smallest absolute Gasteiger partial charge is 0.251 e. The van der Waals surface area contributed by atoms with Gasteiger partial charge < -0.3 is 15.5 Å². The first-order valence-electron chi connectivity index (χ1n) is 12.6. The first-order chi connectivity index (χ1) is 19.0. The van der Waals surface area contributed by atoms with Gasteiger partial charge in [-0.3, -0.25) is 14.6 Å². The third-order valence-corrected chi connectivity index (χ3v) is 8.90. The van der Waals surface area contributed by atoms with E-state index in [2.05, 4.69) is 31.6 Å². The molecule has 0 saturated heterocycles. The van der Waals surface area contributed by atoms with Gasteiger partial charge in [0.05, 0.1) is 28.1 Å². The average Bonchev–Trinajstić information content (AvgIpc) is 3.40. The van der Waals surface area contributed by atoms with Crippen LogP contribution < -0.4 is 10.6 Å². The van der Waals surface area contributed by atoms with Crippen LogP contribution in [0.2, 0.25) is 0 Å². The van der Waals surface area contributed by atoms with Gasteiger partial charge in [0.15, 0.2) is 15.0 Å². The molecule has 2 N–H and O–H groups in total. The molecule has 2 amide bonds. The third-order valence-electron chi connectivity index (χ3n) is 5.99. The van der Waals surface area contributed by atoms with Crippen molar-refractivity contribution in [3.8, 4) is 22.4 Å². The van der Waals surface area contributed by atoms with Gasteiger partial charge in [0.2, 0.25) is 5.91 Å². The number of benzene rings is 2. The summed E-state index contributed by atoms with van der Waals surface area (Å²) in [6.45, 7) is 3.61. The Morgan fingerprint density at radius 3 is 2.45 bits per heavy atom. The Kier molecular flexibility index (Phi) is 9.08. The van der Waals surface area contributed by atoms with Crippen LogP contribution in [0.4, 0.5) is 5.13 Å². The Labute approximate surface area is 238 Å². The van der Waals surface area contributed by atoms with Crippen molar-refractivity contribution in [3.63, 3.8) is 0 Å². The number of anilines is 1. The molecule has 4 rings (SSSR count). The van der Waals surface area contributed by atoms with Crippen LogP contribution in [0.3, 0.4) is 0 Å². The van der Waals surface area contributed by atoms with Crippen molar-refractivity contribution in [3.05, 3.63) is 83.5 Å². The second-order valence-electron chi connectivity index (χ2n) is 9.74. The van der Waals surface area contributed by atoms with Gasteiger partial charge in [-0.1, -0.05) is 24.3 Å². The first-order valence-corrected chi connectivity index (χ1v) is 15.0. The highest BCUT2D eigenvalue weighted by molar-refractivity contribution is 7.92. The molecule has 0 fully saturated rings. The molecular weight excluding hydrogens is 546 g/mol. The molecule has 0 bridgehead atoms. The summed E-state index contributed by atoms with van der Waals surface area (Å²) in [6, 6.07) is 17.8. The molecule has 4 aromatic rings. The molecule has 0 aliphatic heterocycles. The number of thiazole rings is 1. The molecule has 208 valence electrons. The standard InChI is InChI=1S/C29H31N5O4S2/c1-19(2)40(37,38)25-10-6-9-23(15-25)28(36)31-16-27(35)33-29-32-26(18-39-29)22-8-5-7-20(13-22)21-11-12-30-24(14-21)17-34(3)4/h5-15,18-19H,16-17H2,1-4H3,(H,31,36)(H,32,33,35). The van der Waals surface area contributed by atoms with Crippen LogP contribution >= 0.6 is 11.3 Å². The molecule has 11 heteroatoms. The fourth-order valence-electron chi connectivity index (χ4n) is 3.90. The molecule has 2 heterocycles. The lowest BCUT2D eigenvalue weighted by Crippen LogP contribution is -2.33. The predicted molar refractivity (Wildman–Crippen MR) is 158 cm³/mol. The topological polar surface area (TPSA) is 121 Å². The Bertz CT molecular complexity index is 1630. The number of nitrogens with one attached hydrogen (secondary N) is 2. The van der Waals surface area contributed by atoms with E-state index in [1.807, 2.05) is 49.8 Å². The third kappa shape index (κ3) is 7.17. The van der Waals surface area contributed by atoms with Crippen molar-refractivity contribution in [1.29, 1.82) is 0 Å². The maximum atomic E-state index is 12.6. The van der Waals surface area contributed by atoms with E-state index in [9.17, 15) is 18.0 Å². The molecule has 9 nitrogen and oxygen atoms in total. The second kappa shape index (κ2) is 12.5. The van der Waals surface area contributed by atoms with Gasteiger partial charge in [-0.2, -0.15) is 0 Å². The second-order valence-corrected chi connectivity index (χ2v) is 13.1. The van der Waals surface area contributed by atoms with Crippen LogP contribution in [0.25, 0.3) is 22.4 Å². The molecule has 40 heavy (non-hydrogen) atoms. The lowest BCUT2D eigenvalue weighted by molar-refractivity contribution is -0.115. The number of carbonyl (C=O) groups excluding carboxylic acids is 2. The molecule has 2 aromatic carbocycles. The predicted octanol–water partition coefficient (Wildman–Crippen LogP) is 4.48. The summed E-state index contributed by atoms with van der Waals surface area (Å²) in [5.41, 5.74) is 4.86. The van der Waals surface area contributed by atoms with E-state index in [0.29, 0.717) is 5.13 Å². The molecular formula is C29H31N5O4S2. The summed E-state index contributed by atoms with van der Waals surface area (Å²) in [5.74, 6) is -0.989. The van der Waals surface area contributed by atoms with Crippen molar-refractivity contribution in [2.45, 2.75) is 30.5 Å². The SMILES string of the molecule is CC(C)S(=O)(=O)c1cccc(C(=O)NCC(=O)Nc2nc(-c3cccc(-c4ccnc(CN(C)C)c4)c3)cs2)c1. The van der Waals surface area contributed by atoms with Crippen LogP contribution in [0, 0.1) is 0 Å². The van der Waals surface area contributed by atoms with Crippen LogP contribution in [-0.2, 0) is 21.2 Å². The van der Waals surface area contributed by atoms with Gasteiger partial charge in [0, 0.05) is 29.2 Å². The number of nitrogens with zero attached hydrogens (tertiary/aromatic N) is 3. The summed E-state index contributed by atoms with van der Waals surface area (Å²) in [4.78, 5) is 36.2. The van der Waals surface area contributed by atoms with Crippen molar-refractivity contribution in [2.24, 2.45) is 0 Å². The van der Waals surface area contributed by atoms with Gasteiger partial charge in [-0.25, -0.2) is 13.4 Å². The zero-order valence-electron chi connectivity index (χ0n) is 22.7. The van der Waals surface area contributed by atoms with Gasteiger partial charge >= 0.3 is 0 Å². The maximum Gasteiger partial charge on any atom is 0.251 e. The van der Waals surface area contributed by atoms with Crippen molar-refractivity contribution in [1.82, 2.24) is 20.2 Å².